The van der Waals surface area contributed by atoms with Gasteiger partial charge in [0.05, 0.1) is 18.6 Å². The lowest BCUT2D eigenvalue weighted by Crippen LogP contribution is -2.36. The molecule has 1 aliphatic heterocycles. The van der Waals surface area contributed by atoms with E-state index in [1.807, 2.05) is 0 Å². The third-order valence-corrected chi connectivity index (χ3v) is 6.28. The van der Waals surface area contributed by atoms with Crippen LogP contribution in [0.1, 0.15) is 36.0 Å². The van der Waals surface area contributed by atoms with Crippen molar-refractivity contribution >= 4 is 12.0 Å². The molecule has 2 atom stereocenters. The Kier molecular flexibility index (Phi) is 4.65. The summed E-state index contributed by atoms with van der Waals surface area (Å²) in [4.78, 5) is 14.5. The van der Waals surface area contributed by atoms with Gasteiger partial charge >= 0.3 is 0 Å². The normalized spacial score (nSPS) is 29.5. The zero-order valence-electron chi connectivity index (χ0n) is 14.9. The molecule has 2 unspecified atom stereocenters. The van der Waals surface area contributed by atoms with Crippen molar-refractivity contribution in [3.05, 3.63) is 41.0 Å². The van der Waals surface area contributed by atoms with Crippen molar-refractivity contribution in [3.8, 4) is 0 Å². The van der Waals surface area contributed by atoms with Crippen LogP contribution in [0.3, 0.4) is 0 Å². The monoisotopic (exact) mass is 340 g/mol. The number of carbonyl (C=O) groups is 1. The molecule has 4 nitrogen and oxygen atoms in total. The second-order valence-corrected chi connectivity index (χ2v) is 7.98. The highest BCUT2D eigenvalue weighted by Crippen LogP contribution is 2.48. The fourth-order valence-corrected chi connectivity index (χ4v) is 4.79. The van der Waals surface area contributed by atoms with Gasteiger partial charge in [0.15, 0.2) is 0 Å². The lowest BCUT2D eigenvalue weighted by Gasteiger charge is -2.25. The number of hydrogen-bond acceptors (Lipinski definition) is 3. The van der Waals surface area contributed by atoms with Gasteiger partial charge in [0.2, 0.25) is 5.91 Å². The van der Waals surface area contributed by atoms with Crippen molar-refractivity contribution in [1.82, 2.24) is 4.90 Å². The van der Waals surface area contributed by atoms with Gasteiger partial charge < -0.3 is 10.5 Å². The molecule has 2 aliphatic carbocycles. The molecule has 4 rings (SSSR count). The van der Waals surface area contributed by atoms with Gasteiger partial charge in [-0.3, -0.25) is 9.69 Å². The van der Waals surface area contributed by atoms with Crippen molar-refractivity contribution in [3.63, 3.8) is 0 Å². The van der Waals surface area contributed by atoms with E-state index in [1.54, 1.807) is 0 Å². The van der Waals surface area contributed by atoms with Crippen molar-refractivity contribution in [2.24, 2.45) is 17.1 Å². The Labute approximate surface area is 150 Å². The Morgan fingerprint density at radius 2 is 2.16 bits per heavy atom. The number of nitrogens with zero attached hydrogens (tertiary/aromatic N) is 1. The van der Waals surface area contributed by atoms with Gasteiger partial charge in [-0.05, 0) is 54.7 Å². The van der Waals surface area contributed by atoms with E-state index in [1.165, 1.54) is 16.7 Å². The van der Waals surface area contributed by atoms with E-state index in [0.717, 1.165) is 65.0 Å². The minimum absolute atomic E-state index is 0.101. The topological polar surface area (TPSA) is 55.6 Å². The minimum Gasteiger partial charge on any atom is -0.379 e. The van der Waals surface area contributed by atoms with Crippen molar-refractivity contribution < 1.29 is 9.53 Å². The van der Waals surface area contributed by atoms with Crippen LogP contribution in [0.4, 0.5) is 0 Å². The number of benzene rings is 1. The third kappa shape index (κ3) is 3.51. The van der Waals surface area contributed by atoms with Crippen molar-refractivity contribution in [2.75, 3.05) is 32.8 Å². The molecule has 3 aliphatic rings. The molecule has 0 aromatic heterocycles. The van der Waals surface area contributed by atoms with Gasteiger partial charge in [-0.15, -0.1) is 0 Å². The summed E-state index contributed by atoms with van der Waals surface area (Å²) in [5.74, 6) is 0.521. The molecule has 1 amide bonds. The first kappa shape index (κ1) is 16.8. The molecule has 4 heteroatoms. The summed E-state index contributed by atoms with van der Waals surface area (Å²) in [5.41, 5.74) is 9.47. The van der Waals surface area contributed by atoms with Crippen LogP contribution in [0, 0.1) is 11.3 Å². The molecule has 0 radical (unpaired) electrons. The summed E-state index contributed by atoms with van der Waals surface area (Å²) >= 11 is 0. The fraction of sp³-hybridized carbons (Fsp3) is 0.571. The van der Waals surface area contributed by atoms with E-state index in [0.29, 0.717) is 5.92 Å². The maximum atomic E-state index is 12.1. The summed E-state index contributed by atoms with van der Waals surface area (Å²) in [6.07, 6.45) is 9.43. The molecular formula is C21H28N2O2. The Hall–Kier alpha value is -1.65. The third-order valence-electron chi connectivity index (χ3n) is 6.28. The summed E-state index contributed by atoms with van der Waals surface area (Å²) in [7, 11) is 0. The fourth-order valence-electron chi connectivity index (χ4n) is 4.79. The molecule has 2 N–H and O–H groups in total. The first-order valence-electron chi connectivity index (χ1n) is 9.53. The van der Waals surface area contributed by atoms with Crippen LogP contribution in [-0.4, -0.2) is 43.7 Å². The number of morpholine rings is 1. The molecule has 0 spiro atoms. The average molecular weight is 340 g/mol. The highest BCUT2D eigenvalue weighted by Gasteiger charge is 2.46. The molecule has 1 aromatic carbocycles. The average Bonchev–Trinajstić information content (AvgIpc) is 2.93. The second-order valence-electron chi connectivity index (χ2n) is 7.98. The molecular weight excluding hydrogens is 312 g/mol. The van der Waals surface area contributed by atoms with Gasteiger partial charge in [0.1, 0.15) is 0 Å². The van der Waals surface area contributed by atoms with Crippen molar-refractivity contribution in [2.45, 2.75) is 32.1 Å². The molecule has 1 heterocycles. The Morgan fingerprint density at radius 3 is 2.96 bits per heavy atom. The molecule has 2 bridgehead atoms. The number of ether oxygens (including phenoxy) is 1. The number of rotatable bonds is 4. The Balaban J connectivity index is 1.49. The summed E-state index contributed by atoms with van der Waals surface area (Å²) in [6, 6.07) is 6.75. The van der Waals surface area contributed by atoms with Crippen LogP contribution in [-0.2, 0) is 22.4 Å². The maximum absolute atomic E-state index is 12.1. The highest BCUT2D eigenvalue weighted by atomic mass is 16.5. The van der Waals surface area contributed by atoms with Gasteiger partial charge in [-0.25, -0.2) is 0 Å². The first-order chi connectivity index (χ1) is 12.1. The van der Waals surface area contributed by atoms with Crippen LogP contribution in [0.5, 0.6) is 0 Å². The van der Waals surface area contributed by atoms with Gasteiger partial charge in [-0.2, -0.15) is 0 Å². The quantitative estimate of drug-likeness (QED) is 0.916. The van der Waals surface area contributed by atoms with Crippen molar-refractivity contribution in [1.29, 1.82) is 0 Å². The van der Waals surface area contributed by atoms with E-state index < -0.39 is 0 Å². The Morgan fingerprint density at radius 1 is 1.32 bits per heavy atom. The molecule has 1 saturated carbocycles. The zero-order chi connectivity index (χ0) is 17.3. The van der Waals surface area contributed by atoms with Gasteiger partial charge in [0, 0.05) is 19.6 Å². The minimum atomic E-state index is -0.300. The van der Waals surface area contributed by atoms with E-state index in [2.05, 4.69) is 35.3 Å². The number of primary amides is 1. The largest absolute Gasteiger partial charge is 0.379 e. The molecule has 134 valence electrons. The lowest BCUT2D eigenvalue weighted by molar-refractivity contribution is -0.127. The Bertz CT molecular complexity index is 678. The summed E-state index contributed by atoms with van der Waals surface area (Å²) in [5, 5.41) is 0. The van der Waals surface area contributed by atoms with Crippen LogP contribution in [0.25, 0.3) is 6.08 Å². The SMILES string of the molecule is NC(=O)C12CCC(Cc3ccc(C=CCN4CCOCC4)cc3C1)C2. The molecule has 1 saturated heterocycles. The number of carbonyl (C=O) groups excluding carboxylic acids is 1. The van der Waals surface area contributed by atoms with Gasteiger partial charge in [-0.1, -0.05) is 30.4 Å². The van der Waals surface area contributed by atoms with E-state index in [-0.39, 0.29) is 11.3 Å². The number of amides is 1. The van der Waals surface area contributed by atoms with E-state index in [9.17, 15) is 4.79 Å². The summed E-state index contributed by atoms with van der Waals surface area (Å²) < 4.78 is 5.39. The predicted octanol–water partition coefficient (Wildman–Crippen LogP) is 2.40. The van der Waals surface area contributed by atoms with Crippen LogP contribution in [0.15, 0.2) is 24.3 Å². The number of fused-ring (bicyclic) bond motifs is 3. The summed E-state index contributed by atoms with van der Waals surface area (Å²) in [6.45, 7) is 4.66. The number of hydrogen-bond donors (Lipinski definition) is 1. The maximum Gasteiger partial charge on any atom is 0.223 e. The molecule has 25 heavy (non-hydrogen) atoms. The molecule has 2 fully saturated rings. The van der Waals surface area contributed by atoms with E-state index >= 15 is 0 Å². The van der Waals surface area contributed by atoms with Crippen LogP contribution >= 0.6 is 0 Å². The smallest absolute Gasteiger partial charge is 0.223 e. The van der Waals surface area contributed by atoms with Crippen LogP contribution in [0.2, 0.25) is 0 Å². The van der Waals surface area contributed by atoms with E-state index in [4.69, 9.17) is 10.5 Å². The zero-order valence-corrected chi connectivity index (χ0v) is 14.9. The highest BCUT2D eigenvalue weighted by molar-refractivity contribution is 5.82. The second kappa shape index (κ2) is 6.93. The number of nitrogens with two attached hydrogens (primary N) is 1. The predicted molar refractivity (Wildman–Crippen MR) is 99.1 cm³/mol. The van der Waals surface area contributed by atoms with Crippen LogP contribution < -0.4 is 5.73 Å². The lowest BCUT2D eigenvalue weighted by atomic mass is 9.79. The standard InChI is InChI=1S/C21H28N2O2/c22-20(24)21-6-5-17(14-21)13-18-4-3-16(12-19(18)15-21)2-1-7-23-8-10-25-11-9-23/h1-4,12,17H,5-11,13-15H2,(H2,22,24). The van der Waals surface area contributed by atoms with Gasteiger partial charge in [0.25, 0.3) is 0 Å². The molecule has 1 aromatic rings. The first-order valence-corrected chi connectivity index (χ1v) is 9.53.